The van der Waals surface area contributed by atoms with Crippen LogP contribution in [0.4, 0.5) is 13.2 Å². The lowest BCUT2D eigenvalue weighted by Crippen LogP contribution is -2.16. The van der Waals surface area contributed by atoms with Crippen LogP contribution in [0.3, 0.4) is 0 Å². The molecule has 0 heterocycles. The minimum absolute atomic E-state index is 0.127. The van der Waals surface area contributed by atoms with E-state index >= 15 is 0 Å². The smallest absolute Gasteiger partial charge is 0.406 e. The third-order valence-electron chi connectivity index (χ3n) is 2.61. The molecule has 0 saturated carbocycles. The Morgan fingerprint density at radius 2 is 1.70 bits per heavy atom. The molecule has 0 unspecified atom stereocenters. The van der Waals surface area contributed by atoms with Crippen molar-refractivity contribution in [2.45, 2.75) is 13.0 Å². The van der Waals surface area contributed by atoms with Crippen molar-refractivity contribution < 1.29 is 23.0 Å². The van der Waals surface area contributed by atoms with Crippen LogP contribution in [0, 0.1) is 0 Å². The summed E-state index contributed by atoms with van der Waals surface area (Å²) in [6.07, 6.45) is -4.71. The van der Waals surface area contributed by atoms with Crippen LogP contribution in [0.1, 0.15) is 5.56 Å². The van der Waals surface area contributed by atoms with Crippen molar-refractivity contribution in [2.24, 2.45) is 0 Å². The van der Waals surface area contributed by atoms with E-state index in [4.69, 9.17) is 16.7 Å². The van der Waals surface area contributed by atoms with Crippen LogP contribution in [-0.4, -0.2) is 11.5 Å². The molecule has 0 spiro atoms. The summed E-state index contributed by atoms with van der Waals surface area (Å²) in [6.45, 7) is -0.127. The number of aliphatic hydroxyl groups is 1. The topological polar surface area (TPSA) is 29.5 Å². The Hall–Kier alpha value is -1.72. The lowest BCUT2D eigenvalue weighted by Gasteiger charge is -2.10. The van der Waals surface area contributed by atoms with E-state index < -0.39 is 6.36 Å². The van der Waals surface area contributed by atoms with Crippen molar-refractivity contribution in [3.8, 4) is 16.9 Å². The maximum absolute atomic E-state index is 12.0. The summed E-state index contributed by atoms with van der Waals surface area (Å²) in [5.41, 5.74) is 1.99. The van der Waals surface area contributed by atoms with E-state index in [9.17, 15) is 13.2 Å². The minimum Gasteiger partial charge on any atom is -0.406 e. The first-order chi connectivity index (χ1) is 9.39. The highest BCUT2D eigenvalue weighted by Gasteiger charge is 2.30. The first kappa shape index (κ1) is 14.7. The molecule has 0 fully saturated rings. The van der Waals surface area contributed by atoms with Gasteiger partial charge < -0.3 is 9.84 Å². The fraction of sp³-hybridized carbons (Fsp3) is 0.143. The first-order valence-corrected chi connectivity index (χ1v) is 6.02. The molecule has 0 atom stereocenters. The molecule has 0 radical (unpaired) electrons. The van der Waals surface area contributed by atoms with E-state index in [0.29, 0.717) is 21.7 Å². The lowest BCUT2D eigenvalue weighted by atomic mass is 10.0. The van der Waals surface area contributed by atoms with Crippen molar-refractivity contribution in [3.05, 3.63) is 53.1 Å². The molecule has 2 aromatic rings. The third kappa shape index (κ3) is 3.65. The zero-order chi connectivity index (χ0) is 14.8. The van der Waals surface area contributed by atoms with Gasteiger partial charge in [-0.15, -0.1) is 13.2 Å². The SMILES string of the molecule is OCc1ccc(-c2ccc(OC(F)(F)F)cc2)c(Cl)c1. The summed E-state index contributed by atoms with van der Waals surface area (Å²) in [5.74, 6) is -0.288. The van der Waals surface area contributed by atoms with Crippen LogP contribution < -0.4 is 4.74 Å². The number of alkyl halides is 3. The second-order valence-corrected chi connectivity index (χ2v) is 4.45. The number of benzene rings is 2. The Bertz CT molecular complexity index is 594. The van der Waals surface area contributed by atoms with Crippen molar-refractivity contribution in [2.75, 3.05) is 0 Å². The molecule has 0 aromatic heterocycles. The molecular weight excluding hydrogens is 293 g/mol. The summed E-state index contributed by atoms with van der Waals surface area (Å²) in [4.78, 5) is 0. The van der Waals surface area contributed by atoms with Gasteiger partial charge >= 0.3 is 6.36 Å². The van der Waals surface area contributed by atoms with Crippen molar-refractivity contribution in [1.82, 2.24) is 0 Å². The molecule has 0 aliphatic carbocycles. The zero-order valence-electron chi connectivity index (χ0n) is 10.1. The molecule has 0 aliphatic heterocycles. The summed E-state index contributed by atoms with van der Waals surface area (Å²) < 4.78 is 39.9. The van der Waals surface area contributed by atoms with E-state index in [1.165, 1.54) is 24.3 Å². The van der Waals surface area contributed by atoms with Crippen LogP contribution in [0.15, 0.2) is 42.5 Å². The highest BCUT2D eigenvalue weighted by Crippen LogP contribution is 2.31. The highest BCUT2D eigenvalue weighted by molar-refractivity contribution is 6.33. The predicted molar refractivity (Wildman–Crippen MR) is 69.5 cm³/mol. The van der Waals surface area contributed by atoms with Gasteiger partial charge in [-0.1, -0.05) is 35.9 Å². The minimum atomic E-state index is -4.71. The quantitative estimate of drug-likeness (QED) is 0.910. The fourth-order valence-electron chi connectivity index (χ4n) is 1.73. The third-order valence-corrected chi connectivity index (χ3v) is 2.93. The van der Waals surface area contributed by atoms with Crippen LogP contribution in [0.5, 0.6) is 5.75 Å². The van der Waals surface area contributed by atoms with Gasteiger partial charge in [0.1, 0.15) is 5.75 Å². The molecule has 1 N–H and O–H groups in total. The highest BCUT2D eigenvalue weighted by atomic mass is 35.5. The van der Waals surface area contributed by atoms with Gasteiger partial charge in [0.05, 0.1) is 6.61 Å². The Kier molecular flexibility index (Phi) is 4.20. The van der Waals surface area contributed by atoms with Gasteiger partial charge in [0, 0.05) is 10.6 Å². The number of halogens is 4. The van der Waals surface area contributed by atoms with Gasteiger partial charge in [-0.2, -0.15) is 0 Å². The number of rotatable bonds is 3. The monoisotopic (exact) mass is 302 g/mol. The standard InChI is InChI=1S/C14H10ClF3O2/c15-13-7-9(8-19)1-6-12(13)10-2-4-11(5-3-10)20-14(16,17)18/h1-7,19H,8H2. The molecule has 2 nitrogen and oxygen atoms in total. The Morgan fingerprint density at radius 1 is 1.05 bits per heavy atom. The van der Waals surface area contributed by atoms with E-state index in [1.54, 1.807) is 18.2 Å². The molecule has 2 aromatic carbocycles. The molecule has 0 aliphatic rings. The van der Waals surface area contributed by atoms with E-state index in [1.807, 2.05) is 0 Å². The maximum atomic E-state index is 12.0. The van der Waals surface area contributed by atoms with E-state index in [-0.39, 0.29) is 12.4 Å². The largest absolute Gasteiger partial charge is 0.573 e. The summed E-state index contributed by atoms with van der Waals surface area (Å²) in [6, 6.07) is 10.4. The number of hydrogen-bond donors (Lipinski definition) is 1. The van der Waals surface area contributed by atoms with Crippen LogP contribution >= 0.6 is 11.6 Å². The molecule has 20 heavy (non-hydrogen) atoms. The van der Waals surface area contributed by atoms with Gasteiger partial charge in [0.15, 0.2) is 0 Å². The van der Waals surface area contributed by atoms with Crippen LogP contribution in [0.25, 0.3) is 11.1 Å². The zero-order valence-corrected chi connectivity index (χ0v) is 10.9. The molecular formula is C14H10ClF3O2. The molecule has 0 saturated heterocycles. The maximum Gasteiger partial charge on any atom is 0.573 e. The Labute approximate surface area is 118 Å². The number of ether oxygens (including phenoxy) is 1. The van der Waals surface area contributed by atoms with E-state index in [0.717, 1.165) is 0 Å². The first-order valence-electron chi connectivity index (χ1n) is 5.64. The molecule has 0 bridgehead atoms. The summed E-state index contributed by atoms with van der Waals surface area (Å²) >= 11 is 6.07. The number of aliphatic hydroxyl groups excluding tert-OH is 1. The van der Waals surface area contributed by atoms with Crippen molar-refractivity contribution in [3.63, 3.8) is 0 Å². The van der Waals surface area contributed by atoms with Crippen molar-refractivity contribution >= 4 is 11.6 Å². The second-order valence-electron chi connectivity index (χ2n) is 4.04. The lowest BCUT2D eigenvalue weighted by molar-refractivity contribution is -0.274. The normalized spacial score (nSPS) is 11.4. The second kappa shape index (κ2) is 5.73. The average molecular weight is 303 g/mol. The molecule has 2 rings (SSSR count). The molecule has 6 heteroatoms. The average Bonchev–Trinajstić information content (AvgIpc) is 2.38. The Balaban J connectivity index is 2.26. The van der Waals surface area contributed by atoms with Gasteiger partial charge in [-0.3, -0.25) is 0 Å². The summed E-state index contributed by atoms with van der Waals surface area (Å²) in [7, 11) is 0. The van der Waals surface area contributed by atoms with Crippen LogP contribution in [0.2, 0.25) is 5.02 Å². The molecule has 106 valence electrons. The van der Waals surface area contributed by atoms with Gasteiger partial charge in [-0.05, 0) is 29.3 Å². The van der Waals surface area contributed by atoms with E-state index in [2.05, 4.69) is 4.74 Å². The number of hydrogen-bond acceptors (Lipinski definition) is 2. The fourth-order valence-corrected chi connectivity index (χ4v) is 2.04. The van der Waals surface area contributed by atoms with Gasteiger partial charge in [-0.25, -0.2) is 0 Å². The Morgan fingerprint density at radius 3 is 2.20 bits per heavy atom. The van der Waals surface area contributed by atoms with Gasteiger partial charge in [0.2, 0.25) is 0 Å². The summed E-state index contributed by atoms with van der Waals surface area (Å²) in [5, 5.41) is 9.40. The van der Waals surface area contributed by atoms with Crippen molar-refractivity contribution in [1.29, 1.82) is 0 Å². The van der Waals surface area contributed by atoms with Crippen LogP contribution in [-0.2, 0) is 6.61 Å². The molecule has 0 amide bonds. The predicted octanol–water partition coefficient (Wildman–Crippen LogP) is 4.40. The van der Waals surface area contributed by atoms with Gasteiger partial charge in [0.25, 0.3) is 0 Å².